The topological polar surface area (TPSA) is 46.3 Å². The first-order valence-electron chi connectivity index (χ1n) is 4.79. The first-order valence-corrected chi connectivity index (χ1v) is 4.79. The summed E-state index contributed by atoms with van der Waals surface area (Å²) in [5.74, 6) is 0. The van der Waals surface area contributed by atoms with Crippen molar-refractivity contribution in [1.29, 1.82) is 0 Å². The van der Waals surface area contributed by atoms with Crippen molar-refractivity contribution in [3.8, 4) is 0 Å². The SMILES string of the molecule is C[C@H]1c2ccccc2[C@H](C)N1C(N)=O. The number of fused-ring (bicyclic) bond motifs is 1. The summed E-state index contributed by atoms with van der Waals surface area (Å²) >= 11 is 0. The lowest BCUT2D eigenvalue weighted by Gasteiger charge is -2.24. The molecule has 1 heterocycles. The highest BCUT2D eigenvalue weighted by atomic mass is 16.2. The van der Waals surface area contributed by atoms with Crippen LogP contribution in [0.4, 0.5) is 4.79 Å². The lowest BCUT2D eigenvalue weighted by molar-refractivity contribution is 0.178. The quantitative estimate of drug-likeness (QED) is 0.669. The maximum Gasteiger partial charge on any atom is 0.315 e. The Kier molecular flexibility index (Phi) is 1.95. The number of carbonyl (C=O) groups is 1. The van der Waals surface area contributed by atoms with Gasteiger partial charge in [-0.1, -0.05) is 24.3 Å². The molecule has 0 saturated carbocycles. The first kappa shape index (κ1) is 9.06. The molecular weight excluding hydrogens is 176 g/mol. The summed E-state index contributed by atoms with van der Waals surface area (Å²) in [5.41, 5.74) is 7.76. The Morgan fingerprint density at radius 2 is 1.64 bits per heavy atom. The monoisotopic (exact) mass is 190 g/mol. The normalized spacial score (nSPS) is 24.9. The molecule has 3 nitrogen and oxygen atoms in total. The first-order chi connectivity index (χ1) is 6.63. The Morgan fingerprint density at radius 3 is 2.00 bits per heavy atom. The van der Waals surface area contributed by atoms with Crippen LogP contribution in [-0.4, -0.2) is 10.9 Å². The molecule has 0 fully saturated rings. The van der Waals surface area contributed by atoms with E-state index in [0.717, 1.165) is 0 Å². The number of nitrogens with zero attached hydrogens (tertiary/aromatic N) is 1. The van der Waals surface area contributed by atoms with Crippen LogP contribution in [0.3, 0.4) is 0 Å². The number of nitrogens with two attached hydrogens (primary N) is 1. The van der Waals surface area contributed by atoms with E-state index in [9.17, 15) is 4.79 Å². The second kappa shape index (κ2) is 3.01. The predicted octanol–water partition coefficient (Wildman–Crippen LogP) is 2.20. The van der Waals surface area contributed by atoms with Crippen LogP contribution in [0.2, 0.25) is 0 Å². The van der Waals surface area contributed by atoms with E-state index in [1.54, 1.807) is 4.90 Å². The number of hydrogen-bond acceptors (Lipinski definition) is 1. The van der Waals surface area contributed by atoms with Crippen molar-refractivity contribution in [3.63, 3.8) is 0 Å². The molecule has 2 atom stereocenters. The third kappa shape index (κ3) is 1.09. The van der Waals surface area contributed by atoms with E-state index in [1.165, 1.54) is 11.1 Å². The second-order valence-electron chi connectivity index (χ2n) is 3.73. The Morgan fingerprint density at radius 1 is 1.21 bits per heavy atom. The zero-order valence-electron chi connectivity index (χ0n) is 8.40. The zero-order chi connectivity index (χ0) is 10.3. The smallest absolute Gasteiger partial charge is 0.315 e. The highest BCUT2D eigenvalue weighted by Gasteiger charge is 2.34. The molecule has 1 aromatic rings. The van der Waals surface area contributed by atoms with Crippen molar-refractivity contribution in [1.82, 2.24) is 4.90 Å². The lowest BCUT2D eigenvalue weighted by Crippen LogP contribution is -2.35. The van der Waals surface area contributed by atoms with Crippen LogP contribution >= 0.6 is 0 Å². The van der Waals surface area contributed by atoms with Crippen LogP contribution in [0, 0.1) is 0 Å². The van der Waals surface area contributed by atoms with Gasteiger partial charge >= 0.3 is 6.03 Å². The van der Waals surface area contributed by atoms with Crippen LogP contribution in [0.15, 0.2) is 24.3 Å². The van der Waals surface area contributed by atoms with Crippen molar-refractivity contribution in [2.24, 2.45) is 5.73 Å². The number of amides is 2. The maximum atomic E-state index is 11.2. The summed E-state index contributed by atoms with van der Waals surface area (Å²) in [6.07, 6.45) is 0. The van der Waals surface area contributed by atoms with E-state index >= 15 is 0 Å². The summed E-state index contributed by atoms with van der Waals surface area (Å²) in [7, 11) is 0. The van der Waals surface area contributed by atoms with Crippen molar-refractivity contribution < 1.29 is 4.79 Å². The van der Waals surface area contributed by atoms with E-state index in [4.69, 9.17) is 5.73 Å². The molecule has 0 aromatic heterocycles. The second-order valence-corrected chi connectivity index (χ2v) is 3.73. The van der Waals surface area contributed by atoms with Gasteiger partial charge in [0.05, 0.1) is 12.1 Å². The maximum absolute atomic E-state index is 11.2. The molecular formula is C11H14N2O. The van der Waals surface area contributed by atoms with E-state index < -0.39 is 0 Å². The molecule has 0 spiro atoms. The van der Waals surface area contributed by atoms with Gasteiger partial charge in [-0.3, -0.25) is 0 Å². The van der Waals surface area contributed by atoms with Gasteiger partial charge in [0.1, 0.15) is 0 Å². The van der Waals surface area contributed by atoms with Gasteiger partial charge in [-0.05, 0) is 25.0 Å². The molecule has 0 radical (unpaired) electrons. The summed E-state index contributed by atoms with van der Waals surface area (Å²) in [6.45, 7) is 4.01. The molecule has 1 aromatic carbocycles. The van der Waals surface area contributed by atoms with Crippen molar-refractivity contribution in [3.05, 3.63) is 35.4 Å². The molecule has 2 N–H and O–H groups in total. The highest BCUT2D eigenvalue weighted by molar-refractivity contribution is 5.74. The lowest BCUT2D eigenvalue weighted by atomic mass is 10.0. The molecule has 2 rings (SSSR count). The number of benzene rings is 1. The number of carbonyl (C=O) groups excluding carboxylic acids is 1. The summed E-state index contributed by atoms with van der Waals surface area (Å²) in [5, 5.41) is 0. The van der Waals surface area contributed by atoms with E-state index in [2.05, 4.69) is 12.1 Å². The van der Waals surface area contributed by atoms with Crippen molar-refractivity contribution >= 4 is 6.03 Å². The molecule has 74 valence electrons. The van der Waals surface area contributed by atoms with Gasteiger partial charge in [-0.15, -0.1) is 0 Å². The minimum absolute atomic E-state index is 0.0960. The Labute approximate surface area is 83.5 Å². The Bertz CT molecular complexity index is 346. The van der Waals surface area contributed by atoms with E-state index in [1.807, 2.05) is 26.0 Å². The molecule has 0 unspecified atom stereocenters. The molecule has 1 aliphatic heterocycles. The van der Waals surface area contributed by atoms with Gasteiger partial charge in [-0.2, -0.15) is 0 Å². The summed E-state index contributed by atoms with van der Waals surface area (Å²) in [6, 6.07) is 7.94. The highest BCUT2D eigenvalue weighted by Crippen LogP contribution is 2.40. The van der Waals surface area contributed by atoms with Crippen molar-refractivity contribution in [2.45, 2.75) is 25.9 Å². The minimum atomic E-state index is -0.346. The third-order valence-corrected chi connectivity index (χ3v) is 2.99. The predicted molar refractivity (Wildman–Crippen MR) is 54.7 cm³/mol. The van der Waals surface area contributed by atoms with E-state index in [0.29, 0.717) is 0 Å². The molecule has 1 aliphatic rings. The largest absolute Gasteiger partial charge is 0.351 e. The van der Waals surface area contributed by atoms with E-state index in [-0.39, 0.29) is 18.1 Å². The molecule has 0 saturated heterocycles. The van der Waals surface area contributed by atoms with Gasteiger partial charge in [0, 0.05) is 0 Å². The molecule has 0 aliphatic carbocycles. The number of primary amides is 1. The molecule has 14 heavy (non-hydrogen) atoms. The summed E-state index contributed by atoms with van der Waals surface area (Å²) in [4.78, 5) is 13.0. The van der Waals surface area contributed by atoms with Crippen molar-refractivity contribution in [2.75, 3.05) is 0 Å². The number of urea groups is 1. The minimum Gasteiger partial charge on any atom is -0.351 e. The van der Waals surface area contributed by atoms with Crippen LogP contribution in [0.1, 0.15) is 37.1 Å². The fraction of sp³-hybridized carbons (Fsp3) is 0.364. The Hall–Kier alpha value is -1.51. The van der Waals surface area contributed by atoms with Gasteiger partial charge in [0.25, 0.3) is 0 Å². The third-order valence-electron chi connectivity index (χ3n) is 2.99. The Balaban J connectivity index is 2.48. The molecule has 3 heteroatoms. The average Bonchev–Trinajstić information content (AvgIpc) is 2.41. The van der Waals surface area contributed by atoms with Gasteiger partial charge in [0.15, 0.2) is 0 Å². The fourth-order valence-corrected chi connectivity index (χ4v) is 2.29. The molecule has 2 amide bonds. The zero-order valence-corrected chi connectivity index (χ0v) is 8.40. The fourth-order valence-electron chi connectivity index (χ4n) is 2.29. The van der Waals surface area contributed by atoms with Gasteiger partial charge in [0.2, 0.25) is 0 Å². The molecule has 0 bridgehead atoms. The average molecular weight is 190 g/mol. The van der Waals surface area contributed by atoms with Crippen LogP contribution < -0.4 is 5.73 Å². The van der Waals surface area contributed by atoms with Gasteiger partial charge in [-0.25, -0.2) is 4.79 Å². The standard InChI is InChI=1S/C11H14N2O/c1-7-9-5-3-4-6-10(9)8(2)13(7)11(12)14/h3-8H,1-2H3,(H2,12,14)/t7-,8-/m0/s1. The summed E-state index contributed by atoms with van der Waals surface area (Å²) < 4.78 is 0. The number of rotatable bonds is 0. The number of hydrogen-bond donors (Lipinski definition) is 1. The van der Waals surface area contributed by atoms with Crippen LogP contribution in [-0.2, 0) is 0 Å². The van der Waals surface area contributed by atoms with Crippen LogP contribution in [0.5, 0.6) is 0 Å². The van der Waals surface area contributed by atoms with Crippen LogP contribution in [0.25, 0.3) is 0 Å². The van der Waals surface area contributed by atoms with Gasteiger partial charge < -0.3 is 10.6 Å².